The van der Waals surface area contributed by atoms with E-state index in [-0.39, 0.29) is 29.4 Å². The zero-order chi connectivity index (χ0) is 20.2. The van der Waals surface area contributed by atoms with Crippen LogP contribution in [0.1, 0.15) is 38.7 Å². The number of rotatable bonds is 7. The van der Waals surface area contributed by atoms with Gasteiger partial charge in [-0.3, -0.25) is 9.59 Å². The van der Waals surface area contributed by atoms with Crippen molar-refractivity contribution in [3.8, 4) is 0 Å². The van der Waals surface area contributed by atoms with E-state index in [1.165, 1.54) is 4.90 Å². The minimum atomic E-state index is -3.04. The molecule has 2 unspecified atom stereocenters. The summed E-state index contributed by atoms with van der Waals surface area (Å²) >= 11 is 0. The van der Waals surface area contributed by atoms with Crippen LogP contribution in [0.4, 0.5) is 11.4 Å². The molecule has 2 amide bonds. The summed E-state index contributed by atoms with van der Waals surface area (Å²) in [6, 6.07) is 4.72. The second-order valence-corrected chi connectivity index (χ2v) is 9.38. The number of carbonyl (C=O) groups excluding carboxylic acids is 2. The topological polar surface area (TPSA) is 95.6 Å². The highest BCUT2D eigenvalue weighted by Crippen LogP contribution is 2.25. The van der Waals surface area contributed by atoms with Gasteiger partial charge in [-0.05, 0) is 44.4 Å². The Hall–Kier alpha value is -2.09. The number of carbonyl (C=O) groups is 2. The van der Waals surface area contributed by atoms with Crippen LogP contribution in [0.25, 0.3) is 0 Å². The van der Waals surface area contributed by atoms with Crippen LogP contribution in [0.3, 0.4) is 0 Å². The maximum atomic E-state index is 12.7. The SMILES string of the molecule is CCCC(=O)Nc1cccc(NC(C)C(=O)N(C)C2CCS(=O)(=O)C2)c1C. The van der Waals surface area contributed by atoms with E-state index in [0.717, 1.165) is 17.7 Å². The molecule has 0 bridgehead atoms. The molecule has 2 rings (SSSR count). The maximum Gasteiger partial charge on any atom is 0.244 e. The average Bonchev–Trinajstić information content (AvgIpc) is 2.97. The summed E-state index contributed by atoms with van der Waals surface area (Å²) in [5.74, 6) is -0.0312. The van der Waals surface area contributed by atoms with Crippen molar-refractivity contribution in [3.05, 3.63) is 23.8 Å². The van der Waals surface area contributed by atoms with Crippen molar-refractivity contribution in [1.29, 1.82) is 0 Å². The minimum absolute atomic E-state index is 0.0277. The van der Waals surface area contributed by atoms with E-state index in [2.05, 4.69) is 10.6 Å². The Labute approximate surface area is 161 Å². The third kappa shape index (κ3) is 5.45. The van der Waals surface area contributed by atoms with Crippen LogP contribution < -0.4 is 10.6 Å². The Morgan fingerprint density at radius 1 is 1.30 bits per heavy atom. The predicted molar refractivity (Wildman–Crippen MR) is 108 cm³/mol. The Kier molecular flexibility index (Phi) is 6.86. The summed E-state index contributed by atoms with van der Waals surface area (Å²) in [6.45, 7) is 5.59. The van der Waals surface area contributed by atoms with Gasteiger partial charge < -0.3 is 15.5 Å². The highest BCUT2D eigenvalue weighted by molar-refractivity contribution is 7.91. The summed E-state index contributed by atoms with van der Waals surface area (Å²) in [5, 5.41) is 6.08. The zero-order valence-electron chi connectivity index (χ0n) is 16.4. The number of amides is 2. The molecule has 0 aliphatic carbocycles. The molecule has 1 aliphatic rings. The quantitative estimate of drug-likeness (QED) is 0.738. The first-order chi connectivity index (χ1) is 12.6. The zero-order valence-corrected chi connectivity index (χ0v) is 17.2. The molecule has 1 aliphatic heterocycles. The molecule has 0 saturated carbocycles. The number of hydrogen-bond donors (Lipinski definition) is 2. The smallest absolute Gasteiger partial charge is 0.244 e. The number of hydrogen-bond acceptors (Lipinski definition) is 5. The van der Waals surface area contributed by atoms with Gasteiger partial charge in [0, 0.05) is 30.9 Å². The highest BCUT2D eigenvalue weighted by atomic mass is 32.2. The molecule has 1 aromatic carbocycles. The molecule has 0 radical (unpaired) electrons. The largest absolute Gasteiger partial charge is 0.374 e. The van der Waals surface area contributed by atoms with Crippen molar-refractivity contribution in [2.75, 3.05) is 29.2 Å². The first kappa shape index (κ1) is 21.2. The van der Waals surface area contributed by atoms with Crippen molar-refractivity contribution in [2.45, 2.75) is 52.1 Å². The molecule has 1 aromatic rings. The third-order valence-corrected chi connectivity index (χ3v) is 6.68. The van der Waals surface area contributed by atoms with E-state index in [1.54, 1.807) is 14.0 Å². The van der Waals surface area contributed by atoms with E-state index >= 15 is 0 Å². The van der Waals surface area contributed by atoms with Crippen molar-refractivity contribution in [3.63, 3.8) is 0 Å². The lowest BCUT2D eigenvalue weighted by atomic mass is 10.1. The molecule has 1 heterocycles. The fourth-order valence-electron chi connectivity index (χ4n) is 3.23. The van der Waals surface area contributed by atoms with Gasteiger partial charge in [0.1, 0.15) is 6.04 Å². The number of anilines is 2. The standard InChI is InChI=1S/C19H29N3O4S/c1-5-7-18(23)21-17-9-6-8-16(13(17)2)20-14(3)19(24)22(4)15-10-11-27(25,26)12-15/h6,8-9,14-15,20H,5,7,10-12H2,1-4H3,(H,21,23). The van der Waals surface area contributed by atoms with E-state index in [4.69, 9.17) is 0 Å². The van der Waals surface area contributed by atoms with Crippen LogP contribution in [0.15, 0.2) is 18.2 Å². The van der Waals surface area contributed by atoms with Gasteiger partial charge in [0.25, 0.3) is 0 Å². The second-order valence-electron chi connectivity index (χ2n) is 7.15. The summed E-state index contributed by atoms with van der Waals surface area (Å²) in [7, 11) is -1.39. The summed E-state index contributed by atoms with van der Waals surface area (Å²) in [5.41, 5.74) is 2.33. The number of sulfone groups is 1. The molecule has 150 valence electrons. The normalized spacial score (nSPS) is 19.3. The highest BCUT2D eigenvalue weighted by Gasteiger charge is 2.34. The van der Waals surface area contributed by atoms with Gasteiger partial charge in [0.15, 0.2) is 9.84 Å². The monoisotopic (exact) mass is 395 g/mol. The summed E-state index contributed by atoms with van der Waals surface area (Å²) < 4.78 is 23.3. The molecule has 0 aromatic heterocycles. The lowest BCUT2D eigenvalue weighted by molar-refractivity contribution is -0.132. The molecule has 0 spiro atoms. The van der Waals surface area contributed by atoms with Crippen molar-refractivity contribution < 1.29 is 18.0 Å². The van der Waals surface area contributed by atoms with Crippen molar-refractivity contribution in [2.24, 2.45) is 0 Å². The molecular weight excluding hydrogens is 366 g/mol. The van der Waals surface area contributed by atoms with Crippen LogP contribution in [0.2, 0.25) is 0 Å². The predicted octanol–water partition coefficient (Wildman–Crippen LogP) is 2.18. The molecule has 1 saturated heterocycles. The number of nitrogens with zero attached hydrogens (tertiary/aromatic N) is 1. The Morgan fingerprint density at radius 3 is 2.56 bits per heavy atom. The fraction of sp³-hybridized carbons (Fsp3) is 0.579. The van der Waals surface area contributed by atoms with Crippen LogP contribution >= 0.6 is 0 Å². The van der Waals surface area contributed by atoms with Gasteiger partial charge in [-0.15, -0.1) is 0 Å². The van der Waals surface area contributed by atoms with Gasteiger partial charge in [-0.25, -0.2) is 8.42 Å². The van der Waals surface area contributed by atoms with Crippen LogP contribution in [-0.4, -0.2) is 55.8 Å². The number of likely N-dealkylation sites (N-methyl/N-ethyl adjacent to an activating group) is 1. The summed E-state index contributed by atoms with van der Waals surface area (Å²) in [4.78, 5) is 26.1. The van der Waals surface area contributed by atoms with E-state index in [0.29, 0.717) is 18.5 Å². The Morgan fingerprint density at radius 2 is 1.96 bits per heavy atom. The molecule has 2 atom stereocenters. The lowest BCUT2D eigenvalue weighted by Crippen LogP contribution is -2.45. The van der Waals surface area contributed by atoms with Gasteiger partial charge in [-0.1, -0.05) is 13.0 Å². The number of benzene rings is 1. The minimum Gasteiger partial charge on any atom is -0.374 e. The first-order valence-corrected chi connectivity index (χ1v) is 11.1. The van der Waals surface area contributed by atoms with Crippen molar-refractivity contribution >= 4 is 33.0 Å². The Balaban J connectivity index is 2.05. The average molecular weight is 396 g/mol. The van der Waals surface area contributed by atoms with Gasteiger partial charge in [0.2, 0.25) is 11.8 Å². The van der Waals surface area contributed by atoms with Gasteiger partial charge in [0.05, 0.1) is 11.5 Å². The molecule has 8 heteroatoms. The Bertz CT molecular complexity index is 807. The summed E-state index contributed by atoms with van der Waals surface area (Å²) in [6.07, 6.45) is 1.72. The van der Waals surface area contributed by atoms with Crippen LogP contribution in [-0.2, 0) is 19.4 Å². The van der Waals surface area contributed by atoms with Gasteiger partial charge in [-0.2, -0.15) is 0 Å². The second kappa shape index (κ2) is 8.73. The lowest BCUT2D eigenvalue weighted by Gasteiger charge is -2.28. The van der Waals surface area contributed by atoms with Crippen LogP contribution in [0, 0.1) is 6.92 Å². The molecule has 27 heavy (non-hydrogen) atoms. The fourth-order valence-corrected chi connectivity index (χ4v) is 5.00. The number of nitrogens with one attached hydrogen (secondary N) is 2. The van der Waals surface area contributed by atoms with E-state index in [9.17, 15) is 18.0 Å². The maximum absolute atomic E-state index is 12.7. The molecule has 1 fully saturated rings. The van der Waals surface area contributed by atoms with Gasteiger partial charge >= 0.3 is 0 Å². The molecular formula is C19H29N3O4S. The van der Waals surface area contributed by atoms with Crippen molar-refractivity contribution in [1.82, 2.24) is 4.90 Å². The molecule has 2 N–H and O–H groups in total. The molecule has 7 nitrogen and oxygen atoms in total. The first-order valence-electron chi connectivity index (χ1n) is 9.27. The van der Waals surface area contributed by atoms with E-state index < -0.39 is 15.9 Å². The van der Waals surface area contributed by atoms with Crippen LogP contribution in [0.5, 0.6) is 0 Å². The van der Waals surface area contributed by atoms with E-state index in [1.807, 2.05) is 32.0 Å². The third-order valence-electron chi connectivity index (χ3n) is 4.93.